The summed E-state index contributed by atoms with van der Waals surface area (Å²) in [6.45, 7) is 3.38. The number of rotatable bonds is 2. The molecule has 0 aliphatic carbocycles. The lowest BCUT2D eigenvalue weighted by atomic mass is 9.95. The predicted octanol–water partition coefficient (Wildman–Crippen LogP) is 1.75. The summed E-state index contributed by atoms with van der Waals surface area (Å²) >= 11 is 1.92. The van der Waals surface area contributed by atoms with Gasteiger partial charge in [0.05, 0.1) is 5.56 Å². The minimum absolute atomic E-state index is 0.133. The summed E-state index contributed by atoms with van der Waals surface area (Å²) < 4.78 is 0. The van der Waals surface area contributed by atoms with Gasteiger partial charge in [-0.1, -0.05) is 0 Å². The fourth-order valence-electron chi connectivity index (χ4n) is 3.12. The van der Waals surface area contributed by atoms with Crippen LogP contribution in [0.2, 0.25) is 0 Å². The van der Waals surface area contributed by atoms with Gasteiger partial charge in [-0.25, -0.2) is 4.98 Å². The highest BCUT2D eigenvalue weighted by Gasteiger charge is 2.30. The van der Waals surface area contributed by atoms with Gasteiger partial charge in [0, 0.05) is 49.8 Å². The summed E-state index contributed by atoms with van der Waals surface area (Å²) in [4.78, 5) is 21.0. The lowest BCUT2D eigenvalue weighted by molar-refractivity contribution is -0.135. The second kappa shape index (κ2) is 7.01. The van der Waals surface area contributed by atoms with E-state index in [9.17, 15) is 10.1 Å². The van der Waals surface area contributed by atoms with Gasteiger partial charge in [-0.2, -0.15) is 17.0 Å². The number of piperidine rings is 1. The van der Waals surface area contributed by atoms with Crippen LogP contribution in [0.4, 0.5) is 5.82 Å². The van der Waals surface area contributed by atoms with Crippen molar-refractivity contribution in [2.45, 2.75) is 12.8 Å². The second-order valence-corrected chi connectivity index (χ2v) is 6.91. The molecule has 1 amide bonds. The summed E-state index contributed by atoms with van der Waals surface area (Å²) in [5, 5.41) is 9.18. The molecule has 0 bridgehead atoms. The first-order valence-corrected chi connectivity index (χ1v) is 8.91. The van der Waals surface area contributed by atoms with Crippen LogP contribution in [0.25, 0.3) is 0 Å². The maximum absolute atomic E-state index is 12.5. The van der Waals surface area contributed by atoms with Gasteiger partial charge < -0.3 is 9.80 Å². The van der Waals surface area contributed by atoms with E-state index in [1.807, 2.05) is 16.7 Å². The quantitative estimate of drug-likeness (QED) is 0.832. The molecule has 6 heteroatoms. The van der Waals surface area contributed by atoms with Crippen molar-refractivity contribution in [3.05, 3.63) is 23.9 Å². The molecule has 1 aromatic heterocycles. The fraction of sp³-hybridized carbons (Fsp3) is 0.562. The highest BCUT2D eigenvalue weighted by Crippen LogP contribution is 2.26. The highest BCUT2D eigenvalue weighted by molar-refractivity contribution is 7.99. The average molecular weight is 316 g/mol. The molecule has 2 aliphatic heterocycles. The number of nitriles is 1. The normalized spacial score (nSPS) is 19.8. The van der Waals surface area contributed by atoms with Gasteiger partial charge in [0.1, 0.15) is 11.9 Å². The van der Waals surface area contributed by atoms with E-state index < -0.39 is 0 Å². The summed E-state index contributed by atoms with van der Waals surface area (Å²) in [7, 11) is 0. The molecule has 0 radical (unpaired) electrons. The number of anilines is 1. The maximum Gasteiger partial charge on any atom is 0.225 e. The number of hydrogen-bond acceptors (Lipinski definition) is 5. The lowest BCUT2D eigenvalue weighted by Crippen LogP contribution is -2.45. The van der Waals surface area contributed by atoms with Crippen LogP contribution in [0.5, 0.6) is 0 Å². The molecular formula is C16H20N4OS. The van der Waals surface area contributed by atoms with Gasteiger partial charge in [-0.05, 0) is 25.0 Å². The number of carbonyl (C=O) groups excluding carboxylic acids is 1. The molecule has 0 aromatic carbocycles. The van der Waals surface area contributed by atoms with Gasteiger partial charge in [0.2, 0.25) is 5.91 Å². The summed E-state index contributed by atoms with van der Waals surface area (Å²) in [5.41, 5.74) is 0.611. The Morgan fingerprint density at radius 2 is 2.00 bits per heavy atom. The zero-order valence-electron chi connectivity index (χ0n) is 12.6. The van der Waals surface area contributed by atoms with Crippen molar-refractivity contribution >= 4 is 23.5 Å². The van der Waals surface area contributed by atoms with E-state index in [-0.39, 0.29) is 5.92 Å². The molecular weight excluding hydrogens is 296 g/mol. The summed E-state index contributed by atoms with van der Waals surface area (Å²) in [5.74, 6) is 3.33. The highest BCUT2D eigenvalue weighted by atomic mass is 32.2. The van der Waals surface area contributed by atoms with Crippen LogP contribution < -0.4 is 4.90 Å². The minimum Gasteiger partial charge on any atom is -0.355 e. The number of nitrogens with zero attached hydrogens (tertiary/aromatic N) is 4. The molecule has 1 aromatic rings. The number of aromatic nitrogens is 1. The fourth-order valence-corrected chi connectivity index (χ4v) is 4.02. The van der Waals surface area contributed by atoms with Gasteiger partial charge in [0.25, 0.3) is 0 Å². The average Bonchev–Trinajstić information content (AvgIpc) is 2.62. The maximum atomic E-state index is 12.5. The number of pyridine rings is 1. The minimum atomic E-state index is 0.133. The van der Waals surface area contributed by atoms with Crippen LogP contribution in [-0.2, 0) is 4.79 Å². The van der Waals surface area contributed by atoms with Crippen molar-refractivity contribution in [2.75, 3.05) is 42.6 Å². The van der Waals surface area contributed by atoms with Crippen LogP contribution in [0.1, 0.15) is 18.4 Å². The van der Waals surface area contributed by atoms with Gasteiger partial charge in [-0.15, -0.1) is 0 Å². The molecule has 3 heterocycles. The Labute approximate surface area is 135 Å². The summed E-state index contributed by atoms with van der Waals surface area (Å²) in [6, 6.07) is 5.78. The Bertz CT molecular complexity index is 572. The van der Waals surface area contributed by atoms with Gasteiger partial charge in [-0.3, -0.25) is 4.79 Å². The van der Waals surface area contributed by atoms with E-state index >= 15 is 0 Å². The lowest BCUT2D eigenvalue weighted by Gasteiger charge is -2.36. The molecule has 3 rings (SSSR count). The van der Waals surface area contributed by atoms with E-state index in [1.165, 1.54) is 0 Å². The van der Waals surface area contributed by atoms with E-state index in [2.05, 4.69) is 16.0 Å². The monoisotopic (exact) mass is 316 g/mol. The standard InChI is InChI=1S/C16H20N4OS/c17-12-14-2-1-5-18-15(14)19-6-3-13(4-7-19)16(21)20-8-10-22-11-9-20/h1-2,5,13H,3-4,6-11H2. The van der Waals surface area contributed by atoms with E-state index in [0.717, 1.165) is 56.3 Å². The van der Waals surface area contributed by atoms with Crippen LogP contribution in [0.15, 0.2) is 18.3 Å². The molecule has 5 nitrogen and oxygen atoms in total. The molecule has 0 saturated carbocycles. The molecule has 22 heavy (non-hydrogen) atoms. The van der Waals surface area contributed by atoms with Crippen molar-refractivity contribution in [2.24, 2.45) is 5.92 Å². The van der Waals surface area contributed by atoms with E-state index in [4.69, 9.17) is 0 Å². The molecule has 2 fully saturated rings. The van der Waals surface area contributed by atoms with Crippen LogP contribution >= 0.6 is 11.8 Å². The molecule has 0 unspecified atom stereocenters. The SMILES string of the molecule is N#Cc1cccnc1N1CCC(C(=O)N2CCSCC2)CC1. The van der Waals surface area contributed by atoms with Gasteiger partial charge in [0.15, 0.2) is 0 Å². The first kappa shape index (κ1) is 15.2. The van der Waals surface area contributed by atoms with Crippen molar-refractivity contribution in [3.63, 3.8) is 0 Å². The zero-order chi connectivity index (χ0) is 15.4. The third kappa shape index (κ3) is 3.20. The molecule has 2 aliphatic rings. The van der Waals surface area contributed by atoms with Crippen molar-refractivity contribution in [1.29, 1.82) is 5.26 Å². The Morgan fingerprint density at radius 1 is 1.27 bits per heavy atom. The first-order valence-electron chi connectivity index (χ1n) is 7.76. The Hall–Kier alpha value is -1.74. The van der Waals surface area contributed by atoms with Crippen molar-refractivity contribution in [3.8, 4) is 6.07 Å². The van der Waals surface area contributed by atoms with Crippen LogP contribution in [0, 0.1) is 17.2 Å². The third-order valence-corrected chi connectivity index (χ3v) is 5.32. The Kier molecular flexibility index (Phi) is 4.84. The molecule has 0 N–H and O–H groups in total. The molecule has 0 spiro atoms. The van der Waals surface area contributed by atoms with E-state index in [1.54, 1.807) is 18.3 Å². The number of hydrogen-bond donors (Lipinski definition) is 0. The molecule has 2 saturated heterocycles. The van der Waals surface area contributed by atoms with Crippen molar-refractivity contribution < 1.29 is 4.79 Å². The summed E-state index contributed by atoms with van der Waals surface area (Å²) in [6.07, 6.45) is 3.42. The van der Waals surface area contributed by atoms with Crippen LogP contribution in [0.3, 0.4) is 0 Å². The number of carbonyl (C=O) groups is 1. The number of amides is 1. The second-order valence-electron chi connectivity index (χ2n) is 5.69. The third-order valence-electron chi connectivity index (χ3n) is 4.37. The zero-order valence-corrected chi connectivity index (χ0v) is 13.4. The van der Waals surface area contributed by atoms with Crippen molar-refractivity contribution in [1.82, 2.24) is 9.88 Å². The molecule has 0 atom stereocenters. The Morgan fingerprint density at radius 3 is 2.68 bits per heavy atom. The van der Waals surface area contributed by atoms with E-state index in [0.29, 0.717) is 11.5 Å². The topological polar surface area (TPSA) is 60.2 Å². The predicted molar refractivity (Wildman–Crippen MR) is 87.8 cm³/mol. The van der Waals surface area contributed by atoms with Gasteiger partial charge >= 0.3 is 0 Å². The molecule has 116 valence electrons. The Balaban J connectivity index is 1.60. The number of thioether (sulfide) groups is 1. The largest absolute Gasteiger partial charge is 0.355 e. The smallest absolute Gasteiger partial charge is 0.225 e. The van der Waals surface area contributed by atoms with Crippen LogP contribution in [-0.4, -0.2) is 53.5 Å². The first-order chi connectivity index (χ1) is 10.8.